The van der Waals surface area contributed by atoms with Gasteiger partial charge in [-0.05, 0) is 46.2 Å². The van der Waals surface area contributed by atoms with Gasteiger partial charge in [0.25, 0.3) is 0 Å². The molecule has 0 amide bonds. The van der Waals surface area contributed by atoms with E-state index >= 15 is 0 Å². The van der Waals surface area contributed by atoms with Crippen LogP contribution in [0.15, 0.2) is 167 Å². The van der Waals surface area contributed by atoms with Crippen LogP contribution in [0.2, 0.25) is 0 Å². The lowest BCUT2D eigenvalue weighted by Gasteiger charge is -2.13. The summed E-state index contributed by atoms with van der Waals surface area (Å²) in [7, 11) is 0. The molecule has 0 N–H and O–H groups in total. The van der Waals surface area contributed by atoms with E-state index in [1.54, 1.807) is 0 Å². The van der Waals surface area contributed by atoms with Gasteiger partial charge in [0.15, 0.2) is 23.1 Å². The van der Waals surface area contributed by atoms with Gasteiger partial charge in [-0.15, -0.1) is 0 Å². The highest BCUT2D eigenvalue weighted by molar-refractivity contribution is 6.17. The summed E-state index contributed by atoms with van der Waals surface area (Å²) in [6.07, 6.45) is 0. The fourth-order valence-electron chi connectivity index (χ4n) is 6.85. The van der Waals surface area contributed by atoms with Crippen LogP contribution >= 0.6 is 0 Å². The Labute approximate surface area is 286 Å². The van der Waals surface area contributed by atoms with Gasteiger partial charge in [-0.1, -0.05) is 127 Å². The molecule has 3 heterocycles. The van der Waals surface area contributed by atoms with E-state index in [0.29, 0.717) is 28.9 Å². The first kappa shape index (κ1) is 28.1. The Morgan fingerprint density at radius 3 is 1.58 bits per heavy atom. The third-order valence-electron chi connectivity index (χ3n) is 9.18. The molecule has 3 aromatic heterocycles. The molecule has 6 heteroatoms. The van der Waals surface area contributed by atoms with Gasteiger partial charge in [-0.3, -0.25) is 0 Å². The van der Waals surface area contributed by atoms with Crippen molar-refractivity contribution in [2.24, 2.45) is 0 Å². The van der Waals surface area contributed by atoms with E-state index in [1.807, 2.05) is 109 Å². The molecular formula is C44H26N4O2. The summed E-state index contributed by atoms with van der Waals surface area (Å²) in [4.78, 5) is 19.8. The minimum Gasteiger partial charge on any atom is -0.456 e. The number of oxazole rings is 1. The molecule has 10 rings (SSSR count). The van der Waals surface area contributed by atoms with E-state index in [9.17, 15) is 0 Å². The molecule has 0 aliphatic carbocycles. The molecule has 0 aliphatic rings. The molecule has 0 bridgehead atoms. The monoisotopic (exact) mass is 642 g/mol. The van der Waals surface area contributed by atoms with Crippen molar-refractivity contribution in [3.8, 4) is 56.7 Å². The topological polar surface area (TPSA) is 77.8 Å². The summed E-state index contributed by atoms with van der Waals surface area (Å²) in [5, 5.41) is 4.15. The number of benzene rings is 7. The lowest BCUT2D eigenvalue weighted by molar-refractivity contribution is 0.617. The Balaban J connectivity index is 1.16. The van der Waals surface area contributed by atoms with Gasteiger partial charge in [-0.2, -0.15) is 0 Å². The molecule has 234 valence electrons. The summed E-state index contributed by atoms with van der Waals surface area (Å²) in [5.74, 6) is 2.47. The largest absolute Gasteiger partial charge is 0.456 e. The van der Waals surface area contributed by atoms with E-state index in [2.05, 4.69) is 48.5 Å². The molecule has 0 aliphatic heterocycles. The number of furan rings is 1. The number of hydrogen-bond donors (Lipinski definition) is 0. The Hall–Kier alpha value is -6.92. The second-order valence-electron chi connectivity index (χ2n) is 12.2. The molecule has 0 saturated carbocycles. The molecule has 10 aromatic rings. The van der Waals surface area contributed by atoms with Crippen molar-refractivity contribution in [2.45, 2.75) is 0 Å². The second kappa shape index (κ2) is 11.4. The predicted octanol–water partition coefficient (Wildman–Crippen LogP) is 11.4. The molecular weight excluding hydrogens is 617 g/mol. The molecule has 0 fully saturated rings. The highest BCUT2D eigenvalue weighted by atomic mass is 16.4. The summed E-state index contributed by atoms with van der Waals surface area (Å²) in [6.45, 7) is 0. The van der Waals surface area contributed by atoms with Gasteiger partial charge < -0.3 is 8.83 Å². The van der Waals surface area contributed by atoms with Crippen LogP contribution in [0.25, 0.3) is 101 Å². The fourth-order valence-corrected chi connectivity index (χ4v) is 6.85. The summed E-state index contributed by atoms with van der Waals surface area (Å²) in [5.41, 5.74) is 8.92. The lowest BCUT2D eigenvalue weighted by Crippen LogP contribution is -2.00. The number of aromatic nitrogens is 4. The van der Waals surface area contributed by atoms with Crippen molar-refractivity contribution in [1.82, 2.24) is 19.9 Å². The van der Waals surface area contributed by atoms with Gasteiger partial charge in [0.2, 0.25) is 5.89 Å². The third kappa shape index (κ3) is 4.65. The Morgan fingerprint density at radius 1 is 0.340 bits per heavy atom. The number of hydrogen-bond acceptors (Lipinski definition) is 6. The zero-order valence-electron chi connectivity index (χ0n) is 26.6. The highest BCUT2D eigenvalue weighted by Crippen LogP contribution is 2.42. The smallest absolute Gasteiger partial charge is 0.227 e. The van der Waals surface area contributed by atoms with Crippen molar-refractivity contribution in [1.29, 1.82) is 0 Å². The minimum absolute atomic E-state index is 0.587. The van der Waals surface area contributed by atoms with E-state index < -0.39 is 0 Å². The van der Waals surface area contributed by atoms with Gasteiger partial charge >= 0.3 is 0 Å². The van der Waals surface area contributed by atoms with Crippen molar-refractivity contribution in [3.05, 3.63) is 158 Å². The van der Waals surface area contributed by atoms with Crippen LogP contribution in [0.5, 0.6) is 0 Å². The highest BCUT2D eigenvalue weighted by Gasteiger charge is 2.19. The van der Waals surface area contributed by atoms with Crippen LogP contribution in [0, 0.1) is 0 Å². The fraction of sp³-hybridized carbons (Fsp3) is 0. The van der Waals surface area contributed by atoms with E-state index in [0.717, 1.165) is 71.6 Å². The predicted molar refractivity (Wildman–Crippen MR) is 199 cm³/mol. The zero-order valence-corrected chi connectivity index (χ0v) is 26.6. The number of fused-ring (bicyclic) bond motifs is 5. The molecule has 0 unspecified atom stereocenters. The van der Waals surface area contributed by atoms with Crippen molar-refractivity contribution in [3.63, 3.8) is 0 Å². The van der Waals surface area contributed by atoms with Gasteiger partial charge in [0, 0.05) is 39.1 Å². The number of rotatable bonds is 5. The molecule has 50 heavy (non-hydrogen) atoms. The Bertz CT molecular complexity index is 2800. The maximum absolute atomic E-state index is 6.44. The zero-order chi connectivity index (χ0) is 33.0. The van der Waals surface area contributed by atoms with E-state index in [4.69, 9.17) is 28.8 Å². The minimum atomic E-state index is 0.587. The van der Waals surface area contributed by atoms with Crippen LogP contribution in [-0.2, 0) is 0 Å². The van der Waals surface area contributed by atoms with Gasteiger partial charge in [-0.25, -0.2) is 19.9 Å². The van der Waals surface area contributed by atoms with Gasteiger partial charge in [0.1, 0.15) is 16.7 Å². The standard InChI is InChI=1S/C44H26N4O2/c1-4-13-27(14-5-1)41-46-42(28-15-6-2-7-16-28)48-43(47-41)34-23-11-19-30-31(20-10-21-32(30)34)33-22-12-24-37-40(33)35-25-36-39(26-38(35)49-37)50-44(45-36)29-17-8-3-9-18-29/h1-26H. The average molecular weight is 643 g/mol. The van der Waals surface area contributed by atoms with Crippen LogP contribution in [-0.4, -0.2) is 19.9 Å². The molecule has 0 spiro atoms. The lowest BCUT2D eigenvalue weighted by atomic mass is 9.93. The quantitative estimate of drug-likeness (QED) is 0.186. The van der Waals surface area contributed by atoms with E-state index in [1.165, 1.54) is 0 Å². The molecule has 6 nitrogen and oxygen atoms in total. The second-order valence-corrected chi connectivity index (χ2v) is 12.2. The Morgan fingerprint density at radius 2 is 0.900 bits per heavy atom. The summed E-state index contributed by atoms with van der Waals surface area (Å²) in [6, 6.07) is 53.0. The van der Waals surface area contributed by atoms with Gasteiger partial charge in [0.05, 0.1) is 0 Å². The van der Waals surface area contributed by atoms with Crippen LogP contribution < -0.4 is 0 Å². The van der Waals surface area contributed by atoms with Crippen LogP contribution in [0.3, 0.4) is 0 Å². The SMILES string of the molecule is c1ccc(-c2nc(-c3ccccc3)nc(-c3cccc4c(-c5cccc6oc7cc8oc(-c9ccccc9)nc8cc7c56)cccc34)n2)cc1. The summed E-state index contributed by atoms with van der Waals surface area (Å²) >= 11 is 0. The van der Waals surface area contributed by atoms with E-state index in [-0.39, 0.29) is 0 Å². The molecule has 0 atom stereocenters. The molecule has 0 saturated heterocycles. The summed E-state index contributed by atoms with van der Waals surface area (Å²) < 4.78 is 12.6. The maximum Gasteiger partial charge on any atom is 0.227 e. The van der Waals surface area contributed by atoms with Crippen LogP contribution in [0.4, 0.5) is 0 Å². The first-order chi connectivity index (χ1) is 24.8. The third-order valence-corrected chi connectivity index (χ3v) is 9.18. The Kier molecular flexibility index (Phi) is 6.39. The average Bonchev–Trinajstić information content (AvgIpc) is 3.78. The number of nitrogens with zero attached hydrogens (tertiary/aromatic N) is 4. The van der Waals surface area contributed by atoms with Crippen molar-refractivity contribution >= 4 is 43.8 Å². The molecule has 7 aromatic carbocycles. The maximum atomic E-state index is 6.44. The van der Waals surface area contributed by atoms with Crippen molar-refractivity contribution in [2.75, 3.05) is 0 Å². The molecule has 0 radical (unpaired) electrons. The first-order valence-electron chi connectivity index (χ1n) is 16.5. The first-order valence-corrected chi connectivity index (χ1v) is 16.5. The van der Waals surface area contributed by atoms with Crippen LogP contribution in [0.1, 0.15) is 0 Å². The normalized spacial score (nSPS) is 11.6. The van der Waals surface area contributed by atoms with Crippen molar-refractivity contribution < 1.29 is 8.83 Å².